The highest BCUT2D eigenvalue weighted by Crippen LogP contribution is 2.41. The molecule has 0 N–H and O–H groups in total. The third-order valence-electron chi connectivity index (χ3n) is 3.92. The first kappa shape index (κ1) is 13.4. The van der Waals surface area contributed by atoms with Crippen LogP contribution in [-0.2, 0) is 4.74 Å². The van der Waals surface area contributed by atoms with Gasteiger partial charge in [0, 0.05) is 24.5 Å². The summed E-state index contributed by atoms with van der Waals surface area (Å²) in [5, 5.41) is 0.453. The van der Waals surface area contributed by atoms with Crippen molar-refractivity contribution in [2.75, 3.05) is 18.1 Å². The number of rotatable bonds is 2. The Morgan fingerprint density at radius 3 is 3.21 bits per heavy atom. The number of hydrogen-bond donors (Lipinski definition) is 0. The van der Waals surface area contributed by atoms with Crippen LogP contribution in [0.1, 0.15) is 29.8 Å². The highest BCUT2D eigenvalue weighted by Gasteiger charge is 2.42. The van der Waals surface area contributed by atoms with E-state index in [9.17, 15) is 4.79 Å². The van der Waals surface area contributed by atoms with Crippen molar-refractivity contribution in [3.8, 4) is 0 Å². The number of Topliss-reactive ketones (excluding diaryl/α,β-unsaturated/α-hetero) is 1. The summed E-state index contributed by atoms with van der Waals surface area (Å²) in [5.74, 6) is 2.21. The van der Waals surface area contributed by atoms with Gasteiger partial charge in [0.2, 0.25) is 0 Å². The Hall–Kier alpha value is -0.580. The fraction of sp³-hybridized carbons (Fsp3) is 0.571. The zero-order valence-electron chi connectivity index (χ0n) is 10.6. The molecule has 2 atom stereocenters. The van der Waals surface area contributed by atoms with Gasteiger partial charge in [-0.2, -0.15) is 11.8 Å². The zero-order chi connectivity index (χ0) is 13.3. The van der Waals surface area contributed by atoms with Crippen molar-refractivity contribution in [2.24, 2.45) is 5.92 Å². The number of carbonyl (C=O) groups excluding carboxylic acids is 1. The highest BCUT2D eigenvalue weighted by atomic mass is 35.5. The van der Waals surface area contributed by atoms with Crippen LogP contribution in [0, 0.1) is 5.92 Å². The summed E-state index contributed by atoms with van der Waals surface area (Å²) in [6.07, 6.45) is 4.26. The minimum absolute atomic E-state index is 0.000139. The molecule has 1 aromatic rings. The molecule has 3 rings (SSSR count). The number of carbonyl (C=O) groups is 1. The topological polar surface area (TPSA) is 39.2 Å². The van der Waals surface area contributed by atoms with Gasteiger partial charge in [0.1, 0.15) is 5.69 Å². The lowest BCUT2D eigenvalue weighted by molar-refractivity contribution is -0.0735. The van der Waals surface area contributed by atoms with E-state index in [0.717, 1.165) is 30.8 Å². The molecular formula is C14H16ClNO2S. The molecule has 19 heavy (non-hydrogen) atoms. The quantitative estimate of drug-likeness (QED) is 0.786. The molecule has 0 saturated carbocycles. The van der Waals surface area contributed by atoms with Crippen molar-refractivity contribution in [2.45, 2.75) is 24.9 Å². The molecule has 5 heteroatoms. The molecule has 2 aliphatic rings. The van der Waals surface area contributed by atoms with Gasteiger partial charge in [-0.1, -0.05) is 11.6 Å². The number of pyridine rings is 1. The van der Waals surface area contributed by atoms with Gasteiger partial charge >= 0.3 is 0 Å². The highest BCUT2D eigenvalue weighted by molar-refractivity contribution is 7.99. The second kappa shape index (κ2) is 5.43. The molecule has 0 aliphatic carbocycles. The zero-order valence-corrected chi connectivity index (χ0v) is 12.2. The molecule has 2 unspecified atom stereocenters. The lowest BCUT2D eigenvalue weighted by atomic mass is 9.82. The standard InChI is InChI=1S/C14H16ClNO2S/c15-11-2-1-5-16-12(11)13(17)10-3-6-18-14(8-10)4-7-19-9-14/h1-2,5,10H,3-4,6-9H2. The second-order valence-electron chi connectivity index (χ2n) is 5.22. The van der Waals surface area contributed by atoms with Gasteiger partial charge in [0.05, 0.1) is 10.6 Å². The van der Waals surface area contributed by atoms with Crippen LogP contribution < -0.4 is 0 Å². The fourth-order valence-corrected chi connectivity index (χ4v) is 4.47. The van der Waals surface area contributed by atoms with Crippen molar-refractivity contribution in [3.05, 3.63) is 29.0 Å². The van der Waals surface area contributed by atoms with Gasteiger partial charge < -0.3 is 4.74 Å². The molecule has 0 amide bonds. The van der Waals surface area contributed by atoms with E-state index in [1.165, 1.54) is 0 Å². The maximum absolute atomic E-state index is 12.6. The van der Waals surface area contributed by atoms with Gasteiger partial charge in [-0.05, 0) is 37.1 Å². The Labute approximate surface area is 122 Å². The summed E-state index contributed by atoms with van der Waals surface area (Å²) in [7, 11) is 0. The Morgan fingerprint density at radius 2 is 2.47 bits per heavy atom. The third-order valence-corrected chi connectivity index (χ3v) is 5.45. The number of ether oxygens (including phenoxy) is 1. The van der Waals surface area contributed by atoms with Crippen molar-refractivity contribution in [1.29, 1.82) is 0 Å². The number of nitrogens with zero attached hydrogens (tertiary/aromatic N) is 1. The SMILES string of the molecule is O=C(c1ncccc1Cl)C1CCOC2(CCSC2)C1. The normalized spacial score (nSPS) is 30.7. The maximum Gasteiger partial charge on any atom is 0.185 e. The smallest absolute Gasteiger partial charge is 0.185 e. The van der Waals surface area contributed by atoms with Crippen molar-refractivity contribution >= 4 is 29.1 Å². The Morgan fingerprint density at radius 1 is 1.58 bits per heavy atom. The minimum atomic E-state index is -0.0789. The van der Waals surface area contributed by atoms with Crippen LogP contribution in [0.2, 0.25) is 5.02 Å². The average Bonchev–Trinajstić information content (AvgIpc) is 2.86. The summed E-state index contributed by atoms with van der Waals surface area (Å²) < 4.78 is 5.95. The first-order valence-electron chi connectivity index (χ1n) is 6.57. The van der Waals surface area contributed by atoms with E-state index in [1.807, 2.05) is 11.8 Å². The average molecular weight is 298 g/mol. The molecule has 2 saturated heterocycles. The van der Waals surface area contributed by atoms with E-state index in [4.69, 9.17) is 16.3 Å². The number of hydrogen-bond acceptors (Lipinski definition) is 4. The molecule has 3 heterocycles. The summed E-state index contributed by atoms with van der Waals surface area (Å²) in [4.78, 5) is 16.7. The number of thioether (sulfide) groups is 1. The summed E-state index contributed by atoms with van der Waals surface area (Å²) >= 11 is 7.98. The van der Waals surface area contributed by atoms with E-state index in [1.54, 1.807) is 18.3 Å². The molecule has 1 aromatic heterocycles. The third kappa shape index (κ3) is 2.67. The molecular weight excluding hydrogens is 282 g/mol. The second-order valence-corrected chi connectivity index (χ2v) is 6.73. The molecule has 2 aliphatic heterocycles. The van der Waals surface area contributed by atoms with Crippen LogP contribution in [0.4, 0.5) is 0 Å². The molecule has 1 spiro atoms. The number of halogens is 1. The molecule has 2 fully saturated rings. The van der Waals surface area contributed by atoms with Crippen LogP contribution in [0.25, 0.3) is 0 Å². The largest absolute Gasteiger partial charge is 0.374 e. The van der Waals surface area contributed by atoms with Crippen LogP contribution in [-0.4, -0.2) is 34.5 Å². The Kier molecular flexibility index (Phi) is 3.83. The van der Waals surface area contributed by atoms with Crippen LogP contribution in [0.3, 0.4) is 0 Å². The number of aromatic nitrogens is 1. The van der Waals surface area contributed by atoms with E-state index >= 15 is 0 Å². The predicted molar refractivity (Wildman–Crippen MR) is 76.9 cm³/mol. The van der Waals surface area contributed by atoms with Gasteiger partial charge in [0.25, 0.3) is 0 Å². The van der Waals surface area contributed by atoms with Crippen LogP contribution >= 0.6 is 23.4 Å². The molecule has 102 valence electrons. The van der Waals surface area contributed by atoms with Crippen molar-refractivity contribution < 1.29 is 9.53 Å². The van der Waals surface area contributed by atoms with Gasteiger partial charge in [-0.25, -0.2) is 0 Å². The van der Waals surface area contributed by atoms with Gasteiger partial charge in [0.15, 0.2) is 5.78 Å². The first-order chi connectivity index (χ1) is 9.20. The number of ketones is 1. The van der Waals surface area contributed by atoms with Crippen LogP contribution in [0.5, 0.6) is 0 Å². The maximum atomic E-state index is 12.6. The molecule has 0 aromatic carbocycles. The Balaban J connectivity index is 1.78. The van der Waals surface area contributed by atoms with E-state index in [2.05, 4.69) is 4.98 Å². The van der Waals surface area contributed by atoms with E-state index < -0.39 is 0 Å². The monoisotopic (exact) mass is 297 g/mol. The van der Waals surface area contributed by atoms with Gasteiger partial charge in [-0.3, -0.25) is 9.78 Å². The lowest BCUT2D eigenvalue weighted by Gasteiger charge is -2.37. The van der Waals surface area contributed by atoms with Crippen molar-refractivity contribution in [1.82, 2.24) is 4.98 Å². The Bertz CT molecular complexity index is 488. The molecule has 0 bridgehead atoms. The van der Waals surface area contributed by atoms with E-state index in [-0.39, 0.29) is 17.3 Å². The summed E-state index contributed by atoms with van der Waals surface area (Å²) in [6.45, 7) is 0.668. The van der Waals surface area contributed by atoms with Gasteiger partial charge in [-0.15, -0.1) is 0 Å². The van der Waals surface area contributed by atoms with E-state index in [0.29, 0.717) is 17.3 Å². The minimum Gasteiger partial charge on any atom is -0.374 e. The summed E-state index contributed by atoms with van der Waals surface area (Å²) in [6, 6.07) is 3.47. The first-order valence-corrected chi connectivity index (χ1v) is 8.10. The predicted octanol–water partition coefficient (Wildman–Crippen LogP) is 3.22. The summed E-state index contributed by atoms with van der Waals surface area (Å²) in [5.41, 5.74) is 0.335. The molecule has 3 nitrogen and oxygen atoms in total. The van der Waals surface area contributed by atoms with Crippen molar-refractivity contribution in [3.63, 3.8) is 0 Å². The molecule has 0 radical (unpaired) electrons. The lowest BCUT2D eigenvalue weighted by Crippen LogP contribution is -2.42. The fourth-order valence-electron chi connectivity index (χ4n) is 2.88. The van der Waals surface area contributed by atoms with Crippen LogP contribution in [0.15, 0.2) is 18.3 Å².